The third-order valence-electron chi connectivity index (χ3n) is 3.94. The number of anilines is 1. The number of nitrogens with one attached hydrogen (secondary N) is 1. The number of aryl methyl sites for hydroxylation is 1. The van der Waals surface area contributed by atoms with Crippen LogP contribution >= 0.6 is 11.5 Å². The first-order valence-corrected chi connectivity index (χ1v) is 9.74. The van der Waals surface area contributed by atoms with E-state index in [-0.39, 0.29) is 11.5 Å². The largest absolute Gasteiger partial charge is 0.464 e. The second-order valence-corrected chi connectivity index (χ2v) is 8.14. The van der Waals surface area contributed by atoms with Crippen LogP contribution in [0.3, 0.4) is 0 Å². The minimum atomic E-state index is -1.12. The maximum absolute atomic E-state index is 13.5. The SMILES string of the molecule is Cc1ccc([C@H](C(=O)NC(C)(C)C)N(C(=O)c2csnn2)c2ccc(F)cc2)o1. The Morgan fingerprint density at radius 1 is 1.17 bits per heavy atom. The highest BCUT2D eigenvalue weighted by molar-refractivity contribution is 7.03. The van der Waals surface area contributed by atoms with Crippen molar-refractivity contribution in [2.24, 2.45) is 0 Å². The summed E-state index contributed by atoms with van der Waals surface area (Å²) in [5.41, 5.74) is -0.139. The molecule has 0 aliphatic rings. The van der Waals surface area contributed by atoms with Crippen molar-refractivity contribution in [1.82, 2.24) is 14.9 Å². The van der Waals surface area contributed by atoms with Gasteiger partial charge in [0.25, 0.3) is 11.8 Å². The van der Waals surface area contributed by atoms with Gasteiger partial charge in [0, 0.05) is 16.6 Å². The fourth-order valence-corrected chi connectivity index (χ4v) is 3.21. The monoisotopic (exact) mass is 416 g/mol. The number of carbonyl (C=O) groups excluding carboxylic acids is 2. The van der Waals surface area contributed by atoms with E-state index in [9.17, 15) is 14.0 Å². The van der Waals surface area contributed by atoms with Crippen molar-refractivity contribution in [3.63, 3.8) is 0 Å². The second-order valence-electron chi connectivity index (χ2n) is 7.53. The van der Waals surface area contributed by atoms with Crippen LogP contribution in [0.5, 0.6) is 0 Å². The molecule has 2 aromatic heterocycles. The highest BCUT2D eigenvalue weighted by Gasteiger charge is 2.37. The average molecular weight is 416 g/mol. The van der Waals surface area contributed by atoms with Crippen LogP contribution in [0, 0.1) is 12.7 Å². The number of rotatable bonds is 5. The third-order valence-corrected chi connectivity index (χ3v) is 4.44. The highest BCUT2D eigenvalue weighted by Crippen LogP contribution is 2.31. The van der Waals surface area contributed by atoms with Crippen molar-refractivity contribution in [2.45, 2.75) is 39.3 Å². The van der Waals surface area contributed by atoms with E-state index in [4.69, 9.17) is 4.42 Å². The fraction of sp³-hybridized carbons (Fsp3) is 0.300. The third kappa shape index (κ3) is 4.86. The number of carbonyl (C=O) groups is 2. The lowest BCUT2D eigenvalue weighted by atomic mass is 10.1. The number of nitrogens with zero attached hydrogens (tertiary/aromatic N) is 3. The Bertz CT molecular complexity index is 994. The smallest absolute Gasteiger partial charge is 0.280 e. The molecule has 7 nitrogen and oxygen atoms in total. The average Bonchev–Trinajstić information content (AvgIpc) is 3.30. The lowest BCUT2D eigenvalue weighted by molar-refractivity contribution is -0.124. The van der Waals surface area contributed by atoms with Crippen molar-refractivity contribution < 1.29 is 18.4 Å². The number of hydrogen-bond donors (Lipinski definition) is 1. The molecule has 0 spiro atoms. The lowest BCUT2D eigenvalue weighted by Crippen LogP contribution is -2.49. The van der Waals surface area contributed by atoms with Crippen LogP contribution in [0.25, 0.3) is 0 Å². The Morgan fingerprint density at radius 2 is 1.86 bits per heavy atom. The topological polar surface area (TPSA) is 88.3 Å². The van der Waals surface area contributed by atoms with Gasteiger partial charge in [-0.25, -0.2) is 4.39 Å². The first-order valence-electron chi connectivity index (χ1n) is 8.90. The summed E-state index contributed by atoms with van der Waals surface area (Å²) in [5, 5.41) is 8.22. The van der Waals surface area contributed by atoms with Crippen LogP contribution < -0.4 is 10.2 Å². The summed E-state index contributed by atoms with van der Waals surface area (Å²) in [6.07, 6.45) is 0. The molecule has 1 N–H and O–H groups in total. The molecule has 0 aliphatic heterocycles. The summed E-state index contributed by atoms with van der Waals surface area (Å²) >= 11 is 1.02. The van der Waals surface area contributed by atoms with E-state index in [0.29, 0.717) is 11.4 Å². The van der Waals surface area contributed by atoms with Gasteiger partial charge in [0.05, 0.1) is 0 Å². The summed E-state index contributed by atoms with van der Waals surface area (Å²) in [7, 11) is 0. The van der Waals surface area contributed by atoms with Gasteiger partial charge in [-0.1, -0.05) is 4.49 Å². The lowest BCUT2D eigenvalue weighted by Gasteiger charge is -2.32. The molecule has 152 valence electrons. The Balaban J connectivity index is 2.14. The Labute approximate surface area is 171 Å². The van der Waals surface area contributed by atoms with E-state index in [0.717, 1.165) is 11.5 Å². The minimum absolute atomic E-state index is 0.0798. The van der Waals surface area contributed by atoms with Crippen molar-refractivity contribution >= 4 is 29.0 Å². The molecule has 0 saturated carbocycles. The predicted octanol–water partition coefficient (Wildman–Crippen LogP) is 3.88. The summed E-state index contributed by atoms with van der Waals surface area (Å²) < 4.78 is 23.0. The van der Waals surface area contributed by atoms with E-state index in [1.165, 1.54) is 34.5 Å². The van der Waals surface area contributed by atoms with E-state index >= 15 is 0 Å². The number of halogens is 1. The summed E-state index contributed by atoms with van der Waals surface area (Å²) in [6.45, 7) is 7.26. The molecular formula is C20H21FN4O3S. The summed E-state index contributed by atoms with van der Waals surface area (Å²) in [4.78, 5) is 27.8. The molecule has 0 radical (unpaired) electrons. The van der Waals surface area contributed by atoms with Gasteiger partial charge in [0.2, 0.25) is 0 Å². The van der Waals surface area contributed by atoms with Crippen LogP contribution in [-0.4, -0.2) is 26.9 Å². The first kappa shape index (κ1) is 20.7. The quantitative estimate of drug-likeness (QED) is 0.682. The molecule has 9 heteroatoms. The molecule has 0 aliphatic carbocycles. The molecule has 0 fully saturated rings. The molecule has 2 amide bonds. The summed E-state index contributed by atoms with van der Waals surface area (Å²) in [5.74, 6) is -0.567. The van der Waals surface area contributed by atoms with E-state index in [1.54, 1.807) is 19.1 Å². The highest BCUT2D eigenvalue weighted by atomic mass is 32.1. The van der Waals surface area contributed by atoms with Gasteiger partial charge in [0.15, 0.2) is 11.7 Å². The predicted molar refractivity (Wildman–Crippen MR) is 107 cm³/mol. The van der Waals surface area contributed by atoms with Gasteiger partial charge in [-0.05, 0) is 75.6 Å². The number of aromatic nitrogens is 2. The molecule has 2 heterocycles. The zero-order valence-corrected chi connectivity index (χ0v) is 17.3. The van der Waals surface area contributed by atoms with Gasteiger partial charge in [-0.15, -0.1) is 5.10 Å². The van der Waals surface area contributed by atoms with Gasteiger partial charge < -0.3 is 9.73 Å². The Hall–Kier alpha value is -3.07. The molecular weight excluding hydrogens is 395 g/mol. The Kier molecular flexibility index (Phi) is 5.78. The molecule has 0 bridgehead atoms. The van der Waals surface area contributed by atoms with E-state index < -0.39 is 29.2 Å². The first-order chi connectivity index (χ1) is 13.7. The number of amides is 2. The number of benzene rings is 1. The van der Waals surface area contributed by atoms with Crippen molar-refractivity contribution in [3.8, 4) is 0 Å². The normalized spacial score (nSPS) is 12.4. The fourth-order valence-electron chi connectivity index (χ4n) is 2.78. The van der Waals surface area contributed by atoms with Crippen LogP contribution in [0.15, 0.2) is 46.2 Å². The van der Waals surface area contributed by atoms with E-state index in [2.05, 4.69) is 14.9 Å². The molecule has 1 aromatic carbocycles. The molecule has 3 rings (SSSR count). The van der Waals surface area contributed by atoms with Crippen LogP contribution in [-0.2, 0) is 4.79 Å². The van der Waals surface area contributed by atoms with Crippen molar-refractivity contribution in [1.29, 1.82) is 0 Å². The van der Waals surface area contributed by atoms with Gasteiger partial charge in [-0.3, -0.25) is 14.5 Å². The van der Waals surface area contributed by atoms with Crippen LogP contribution in [0.1, 0.15) is 48.8 Å². The molecule has 0 saturated heterocycles. The molecule has 1 atom stereocenters. The molecule has 29 heavy (non-hydrogen) atoms. The zero-order chi connectivity index (χ0) is 21.2. The van der Waals surface area contributed by atoms with Gasteiger partial charge in [-0.2, -0.15) is 0 Å². The van der Waals surface area contributed by atoms with Crippen LogP contribution in [0.2, 0.25) is 0 Å². The Morgan fingerprint density at radius 3 is 2.38 bits per heavy atom. The van der Waals surface area contributed by atoms with Gasteiger partial charge >= 0.3 is 0 Å². The van der Waals surface area contributed by atoms with Crippen LogP contribution in [0.4, 0.5) is 10.1 Å². The number of hydrogen-bond acceptors (Lipinski definition) is 6. The maximum atomic E-state index is 13.5. The van der Waals surface area contributed by atoms with Gasteiger partial charge in [0.1, 0.15) is 17.3 Å². The van der Waals surface area contributed by atoms with Crippen molar-refractivity contribution in [2.75, 3.05) is 4.90 Å². The van der Waals surface area contributed by atoms with E-state index in [1.807, 2.05) is 20.8 Å². The zero-order valence-electron chi connectivity index (χ0n) is 16.5. The molecule has 0 unspecified atom stereocenters. The summed E-state index contributed by atoms with van der Waals surface area (Å²) in [6, 6.07) is 7.54. The molecule has 3 aromatic rings. The maximum Gasteiger partial charge on any atom is 0.280 e. The minimum Gasteiger partial charge on any atom is -0.464 e. The van der Waals surface area contributed by atoms with Crippen molar-refractivity contribution in [3.05, 3.63) is 64.8 Å². The second kappa shape index (κ2) is 8.12. The standard InChI is InChI=1S/C20H21FN4O3S/c1-12-5-10-16(28-12)17(18(26)22-20(2,3)4)25(14-8-6-13(21)7-9-14)19(27)15-11-29-24-23-15/h5-11,17H,1-4H3,(H,22,26)/t17-/m1/s1. The number of furan rings is 1.